The summed E-state index contributed by atoms with van der Waals surface area (Å²) in [6, 6.07) is 1.85. The second-order valence-corrected chi connectivity index (χ2v) is 4.32. The molecule has 0 fully saturated rings. The summed E-state index contributed by atoms with van der Waals surface area (Å²) in [7, 11) is 1.83. The molecule has 1 unspecified atom stereocenters. The van der Waals surface area contributed by atoms with Crippen molar-refractivity contribution in [1.29, 1.82) is 0 Å². The van der Waals surface area contributed by atoms with Crippen molar-refractivity contribution in [1.82, 2.24) is 9.97 Å². The lowest BCUT2D eigenvalue weighted by molar-refractivity contribution is 0.244. The van der Waals surface area contributed by atoms with E-state index in [2.05, 4.69) is 20.6 Å². The number of hydrogen-bond acceptors (Lipinski definition) is 6. The van der Waals surface area contributed by atoms with E-state index in [-0.39, 0.29) is 12.5 Å². The van der Waals surface area contributed by atoms with E-state index < -0.39 is 0 Å². The number of aliphatic hydroxyl groups is 1. The average molecular weight is 242 g/mol. The smallest absolute Gasteiger partial charge is 0.191 e. The Kier molecular flexibility index (Phi) is 5.34. The maximum Gasteiger partial charge on any atom is 0.191 e. The van der Waals surface area contributed by atoms with Crippen molar-refractivity contribution in [3.63, 3.8) is 0 Å². The molecule has 1 atom stereocenters. The molecular weight excluding hydrogens is 224 g/mol. The maximum atomic E-state index is 8.93. The third-order valence-electron chi connectivity index (χ3n) is 2.09. The van der Waals surface area contributed by atoms with E-state index >= 15 is 0 Å². The van der Waals surface area contributed by atoms with Gasteiger partial charge in [-0.3, -0.25) is 0 Å². The molecule has 5 nitrogen and oxygen atoms in total. The zero-order valence-corrected chi connectivity index (χ0v) is 10.6. The van der Waals surface area contributed by atoms with E-state index in [1.165, 1.54) is 11.8 Å². The Morgan fingerprint density at radius 1 is 1.44 bits per heavy atom. The fourth-order valence-corrected chi connectivity index (χ4v) is 1.46. The van der Waals surface area contributed by atoms with Crippen LogP contribution in [0.5, 0.6) is 0 Å². The highest BCUT2D eigenvalue weighted by Crippen LogP contribution is 2.16. The zero-order chi connectivity index (χ0) is 12.0. The monoisotopic (exact) mass is 242 g/mol. The zero-order valence-electron chi connectivity index (χ0n) is 9.82. The minimum Gasteiger partial charge on any atom is -0.396 e. The van der Waals surface area contributed by atoms with Crippen molar-refractivity contribution in [3.05, 3.63) is 6.07 Å². The second kappa shape index (κ2) is 6.55. The number of aliphatic hydroxyl groups excluding tert-OH is 1. The van der Waals surface area contributed by atoms with E-state index in [0.717, 1.165) is 16.8 Å². The summed E-state index contributed by atoms with van der Waals surface area (Å²) in [5.74, 6) is 1.79. The Hall–Kier alpha value is -1.01. The van der Waals surface area contributed by atoms with Gasteiger partial charge in [0.1, 0.15) is 11.6 Å². The predicted octanol–water partition coefficient (Wildman–Crippen LogP) is 1.28. The largest absolute Gasteiger partial charge is 0.396 e. The van der Waals surface area contributed by atoms with Crippen LogP contribution in [0.3, 0.4) is 0 Å². The van der Waals surface area contributed by atoms with Crippen LogP contribution in [0.25, 0.3) is 0 Å². The Balaban J connectivity index is 2.71. The fraction of sp³-hybridized carbons (Fsp3) is 0.600. The molecule has 0 saturated carbocycles. The van der Waals surface area contributed by atoms with Crippen molar-refractivity contribution in [3.8, 4) is 0 Å². The van der Waals surface area contributed by atoms with Crippen LogP contribution >= 0.6 is 11.8 Å². The van der Waals surface area contributed by atoms with Crippen molar-refractivity contribution >= 4 is 23.4 Å². The molecule has 0 aromatic carbocycles. The summed E-state index contributed by atoms with van der Waals surface area (Å²) in [6.07, 6.45) is 1.94. The molecule has 0 aliphatic rings. The summed E-state index contributed by atoms with van der Waals surface area (Å²) in [5.41, 5.74) is 0. The summed E-state index contributed by atoms with van der Waals surface area (Å²) in [6.45, 7) is 2.85. The third-order valence-corrected chi connectivity index (χ3v) is 2.64. The van der Waals surface area contributed by atoms with Gasteiger partial charge >= 0.3 is 0 Å². The lowest BCUT2D eigenvalue weighted by atomic mass is 10.2. The first-order valence-electron chi connectivity index (χ1n) is 5.15. The van der Waals surface area contributed by atoms with Crippen molar-refractivity contribution in [2.45, 2.75) is 12.1 Å². The highest BCUT2D eigenvalue weighted by Gasteiger charge is 2.04. The number of nitrogens with one attached hydrogen (secondary N) is 2. The van der Waals surface area contributed by atoms with Gasteiger partial charge in [-0.05, 0) is 12.2 Å². The molecule has 0 bridgehead atoms. The van der Waals surface area contributed by atoms with Gasteiger partial charge < -0.3 is 15.7 Å². The Morgan fingerprint density at radius 3 is 2.69 bits per heavy atom. The molecule has 1 heterocycles. The van der Waals surface area contributed by atoms with Crippen LogP contribution in [-0.2, 0) is 0 Å². The van der Waals surface area contributed by atoms with E-state index in [1.807, 2.05) is 26.3 Å². The van der Waals surface area contributed by atoms with Gasteiger partial charge in [0.15, 0.2) is 5.16 Å². The molecular formula is C10H18N4OS. The van der Waals surface area contributed by atoms with Gasteiger partial charge in [-0.1, -0.05) is 18.7 Å². The fourth-order valence-electron chi connectivity index (χ4n) is 1.08. The topological polar surface area (TPSA) is 70.1 Å². The van der Waals surface area contributed by atoms with Crippen LogP contribution in [0.1, 0.15) is 6.92 Å². The lowest BCUT2D eigenvalue weighted by Crippen LogP contribution is -2.15. The van der Waals surface area contributed by atoms with Gasteiger partial charge in [-0.25, -0.2) is 9.97 Å². The number of anilines is 2. The predicted molar refractivity (Wildman–Crippen MR) is 68.1 cm³/mol. The highest BCUT2D eigenvalue weighted by molar-refractivity contribution is 7.98. The molecule has 0 aliphatic carbocycles. The van der Waals surface area contributed by atoms with E-state index in [9.17, 15) is 0 Å². The summed E-state index contributed by atoms with van der Waals surface area (Å²) in [4.78, 5) is 8.59. The first-order valence-corrected chi connectivity index (χ1v) is 6.37. The van der Waals surface area contributed by atoms with Gasteiger partial charge in [0, 0.05) is 26.3 Å². The molecule has 0 saturated heterocycles. The Morgan fingerprint density at radius 2 is 2.12 bits per heavy atom. The van der Waals surface area contributed by atoms with E-state index in [1.54, 1.807) is 0 Å². The third kappa shape index (κ3) is 3.86. The van der Waals surface area contributed by atoms with Crippen LogP contribution in [0.2, 0.25) is 0 Å². The summed E-state index contributed by atoms with van der Waals surface area (Å²) in [5, 5.41) is 15.8. The first-order chi connectivity index (χ1) is 7.69. The van der Waals surface area contributed by atoms with Gasteiger partial charge in [0.05, 0.1) is 0 Å². The minimum absolute atomic E-state index is 0.173. The second-order valence-electron chi connectivity index (χ2n) is 3.54. The SMILES string of the molecule is CNc1cc(NCC(C)CO)nc(SC)n1. The van der Waals surface area contributed by atoms with Gasteiger partial charge in [-0.15, -0.1) is 0 Å². The normalized spacial score (nSPS) is 12.2. The van der Waals surface area contributed by atoms with Crippen LogP contribution in [0, 0.1) is 5.92 Å². The number of thioether (sulfide) groups is 1. The van der Waals surface area contributed by atoms with E-state index in [4.69, 9.17) is 5.11 Å². The molecule has 1 rings (SSSR count). The van der Waals surface area contributed by atoms with Crippen LogP contribution in [-0.4, -0.2) is 41.5 Å². The molecule has 0 radical (unpaired) electrons. The maximum absolute atomic E-state index is 8.93. The van der Waals surface area contributed by atoms with E-state index in [0.29, 0.717) is 6.54 Å². The lowest BCUT2D eigenvalue weighted by Gasteiger charge is -2.11. The van der Waals surface area contributed by atoms with Gasteiger partial charge in [0.2, 0.25) is 0 Å². The number of aromatic nitrogens is 2. The molecule has 90 valence electrons. The van der Waals surface area contributed by atoms with Gasteiger partial charge in [0.25, 0.3) is 0 Å². The first kappa shape index (κ1) is 13.1. The molecule has 0 amide bonds. The molecule has 0 spiro atoms. The quantitative estimate of drug-likeness (QED) is 0.516. The molecule has 3 N–H and O–H groups in total. The van der Waals surface area contributed by atoms with Crippen LogP contribution < -0.4 is 10.6 Å². The standard InChI is InChI=1S/C10H18N4OS/c1-7(6-15)5-12-9-4-8(11-2)13-10(14-9)16-3/h4,7,15H,5-6H2,1-3H3,(H2,11,12,13,14). The van der Waals surface area contributed by atoms with Crippen LogP contribution in [0.15, 0.2) is 11.2 Å². The number of hydrogen-bond donors (Lipinski definition) is 3. The molecule has 6 heteroatoms. The average Bonchev–Trinajstić information content (AvgIpc) is 2.35. The van der Waals surface area contributed by atoms with Crippen molar-refractivity contribution in [2.75, 3.05) is 37.1 Å². The van der Waals surface area contributed by atoms with Gasteiger partial charge in [-0.2, -0.15) is 0 Å². The Bertz CT molecular complexity index is 312. The van der Waals surface area contributed by atoms with Crippen LogP contribution in [0.4, 0.5) is 11.6 Å². The number of nitrogens with zero attached hydrogens (tertiary/aromatic N) is 2. The summed E-state index contributed by atoms with van der Waals surface area (Å²) >= 11 is 1.50. The summed E-state index contributed by atoms with van der Waals surface area (Å²) < 4.78 is 0. The van der Waals surface area contributed by atoms with Crippen molar-refractivity contribution in [2.24, 2.45) is 5.92 Å². The Labute approximate surface area is 100 Å². The molecule has 1 aromatic rings. The minimum atomic E-state index is 0.173. The molecule has 0 aliphatic heterocycles. The highest BCUT2D eigenvalue weighted by atomic mass is 32.2. The number of rotatable bonds is 6. The molecule has 1 aromatic heterocycles. The van der Waals surface area contributed by atoms with Crippen molar-refractivity contribution < 1.29 is 5.11 Å². The molecule has 16 heavy (non-hydrogen) atoms.